The van der Waals surface area contributed by atoms with Crippen molar-refractivity contribution in [1.82, 2.24) is 5.32 Å². The van der Waals surface area contributed by atoms with Crippen LogP contribution in [-0.2, 0) is 19.0 Å². The summed E-state index contributed by atoms with van der Waals surface area (Å²) in [6.07, 6.45) is 13.9. The molecule has 0 aliphatic carbocycles. The van der Waals surface area contributed by atoms with Crippen LogP contribution in [0.25, 0.3) is 0 Å². The van der Waals surface area contributed by atoms with Gasteiger partial charge in [0, 0.05) is 19.8 Å². The molecule has 5 nitrogen and oxygen atoms in total. The number of nitrogens with one attached hydrogen (secondary N) is 1. The number of carbonyl (C=O) groups excluding carboxylic acids is 1. The third kappa shape index (κ3) is 10.1. The lowest BCUT2D eigenvalue weighted by molar-refractivity contribution is -0.123. The first-order chi connectivity index (χ1) is 14.3. The Morgan fingerprint density at radius 3 is 2.60 bits per heavy atom. The van der Waals surface area contributed by atoms with Crippen molar-refractivity contribution in [1.29, 1.82) is 0 Å². The van der Waals surface area contributed by atoms with Gasteiger partial charge in [0.15, 0.2) is 0 Å². The van der Waals surface area contributed by atoms with Gasteiger partial charge in [-0.1, -0.05) is 50.6 Å². The molecule has 0 aromatic heterocycles. The van der Waals surface area contributed by atoms with Crippen molar-refractivity contribution in [2.45, 2.75) is 97.7 Å². The third-order valence-electron chi connectivity index (χ3n) is 5.62. The highest BCUT2D eigenvalue weighted by Crippen LogP contribution is 2.28. The van der Waals surface area contributed by atoms with Gasteiger partial charge in [0.05, 0.1) is 30.5 Å². The van der Waals surface area contributed by atoms with E-state index >= 15 is 0 Å². The molecular formula is C25H43NO4. The minimum Gasteiger partial charge on any atom is -0.378 e. The summed E-state index contributed by atoms with van der Waals surface area (Å²) < 4.78 is 17.2. The van der Waals surface area contributed by atoms with Crippen molar-refractivity contribution in [3.8, 4) is 0 Å². The first kappa shape index (κ1) is 26.6. The van der Waals surface area contributed by atoms with Gasteiger partial charge in [0.1, 0.15) is 0 Å². The molecule has 0 aromatic rings. The first-order valence-electron chi connectivity index (χ1n) is 11.4. The number of methoxy groups -OCH3 is 1. The second-order valence-corrected chi connectivity index (χ2v) is 8.37. The van der Waals surface area contributed by atoms with Crippen LogP contribution in [-0.4, -0.2) is 50.1 Å². The molecular weight excluding hydrogens is 378 g/mol. The zero-order chi connectivity index (χ0) is 22.5. The summed E-state index contributed by atoms with van der Waals surface area (Å²) in [5.41, 5.74) is 1.23. The molecule has 1 N–H and O–H groups in total. The Balaban J connectivity index is 2.54. The lowest BCUT2D eigenvalue weighted by Gasteiger charge is -2.39. The van der Waals surface area contributed by atoms with Gasteiger partial charge < -0.3 is 19.5 Å². The number of carbonyl (C=O) groups is 1. The Hall–Kier alpha value is -1.43. The van der Waals surface area contributed by atoms with Gasteiger partial charge in [0.25, 0.3) is 0 Å². The molecule has 30 heavy (non-hydrogen) atoms. The number of allylic oxidation sites excluding steroid dienone is 2. The second kappa shape index (κ2) is 14.6. The molecule has 6 atom stereocenters. The highest BCUT2D eigenvalue weighted by molar-refractivity contribution is 5.87. The minimum absolute atomic E-state index is 0.0143. The molecule has 1 amide bonds. The van der Waals surface area contributed by atoms with Gasteiger partial charge in [0.2, 0.25) is 5.91 Å². The lowest BCUT2D eigenvalue weighted by atomic mass is 9.88. The molecule has 172 valence electrons. The number of rotatable bonds is 12. The predicted octanol–water partition coefficient (Wildman–Crippen LogP) is 4.97. The fourth-order valence-electron chi connectivity index (χ4n) is 3.45. The standard InChI is InChI=1S/C25H43NO4/c1-8-16-29-22(9-2)13-10-18(3)11-14-24-19(4)17-23(21(6)30-24)26-25(27)15-12-20(5)28-7/h10-13,15,19-24H,8-9,14,16-17H2,1-7H3,(H,26,27)/b13-10+,15-12-,18-11+/t19-,20-,21+,22-,23+,24?/m0/s1. The molecule has 0 bridgehead atoms. The van der Waals surface area contributed by atoms with E-state index in [2.05, 4.69) is 51.2 Å². The van der Waals surface area contributed by atoms with Crippen LogP contribution in [0.4, 0.5) is 0 Å². The monoisotopic (exact) mass is 421 g/mol. The van der Waals surface area contributed by atoms with Crippen molar-refractivity contribution in [3.05, 3.63) is 36.0 Å². The molecule has 0 spiro atoms. The van der Waals surface area contributed by atoms with Gasteiger partial charge in [-0.2, -0.15) is 0 Å². The molecule has 1 fully saturated rings. The van der Waals surface area contributed by atoms with E-state index in [0.29, 0.717) is 5.92 Å². The maximum absolute atomic E-state index is 12.2. The van der Waals surface area contributed by atoms with Crippen LogP contribution in [0.5, 0.6) is 0 Å². The van der Waals surface area contributed by atoms with E-state index in [9.17, 15) is 4.79 Å². The van der Waals surface area contributed by atoms with E-state index in [-0.39, 0.29) is 36.4 Å². The van der Waals surface area contributed by atoms with Gasteiger partial charge in [-0.15, -0.1) is 0 Å². The summed E-state index contributed by atoms with van der Waals surface area (Å²) in [4.78, 5) is 12.2. The highest BCUT2D eigenvalue weighted by atomic mass is 16.5. The van der Waals surface area contributed by atoms with E-state index in [0.717, 1.165) is 32.3 Å². The van der Waals surface area contributed by atoms with Crippen LogP contribution in [0, 0.1) is 5.92 Å². The van der Waals surface area contributed by atoms with Crippen LogP contribution >= 0.6 is 0 Å². The molecule has 0 saturated carbocycles. The van der Waals surface area contributed by atoms with E-state index in [1.807, 2.05) is 13.8 Å². The molecule has 0 radical (unpaired) electrons. The van der Waals surface area contributed by atoms with Crippen LogP contribution < -0.4 is 5.32 Å². The van der Waals surface area contributed by atoms with Crippen molar-refractivity contribution in [2.75, 3.05) is 13.7 Å². The first-order valence-corrected chi connectivity index (χ1v) is 11.4. The molecule has 0 aromatic carbocycles. The molecule has 1 unspecified atom stereocenters. The summed E-state index contributed by atoms with van der Waals surface area (Å²) >= 11 is 0. The number of hydrogen-bond donors (Lipinski definition) is 1. The quantitative estimate of drug-likeness (QED) is 0.357. The van der Waals surface area contributed by atoms with Crippen LogP contribution in [0.15, 0.2) is 36.0 Å². The largest absolute Gasteiger partial charge is 0.378 e. The van der Waals surface area contributed by atoms with Crippen molar-refractivity contribution >= 4 is 5.91 Å². The molecule has 1 saturated heterocycles. The molecule has 5 heteroatoms. The van der Waals surface area contributed by atoms with Crippen LogP contribution in [0.1, 0.15) is 67.2 Å². The smallest absolute Gasteiger partial charge is 0.244 e. The molecule has 1 aliphatic heterocycles. The average Bonchev–Trinajstić information content (AvgIpc) is 2.73. The predicted molar refractivity (Wildman–Crippen MR) is 123 cm³/mol. The highest BCUT2D eigenvalue weighted by Gasteiger charge is 2.33. The van der Waals surface area contributed by atoms with E-state index in [4.69, 9.17) is 14.2 Å². The van der Waals surface area contributed by atoms with E-state index < -0.39 is 0 Å². The summed E-state index contributed by atoms with van der Waals surface area (Å²) in [5.74, 6) is 0.277. The normalized spacial score (nSPS) is 27.5. The van der Waals surface area contributed by atoms with Crippen molar-refractivity contribution < 1.29 is 19.0 Å². The summed E-state index contributed by atoms with van der Waals surface area (Å²) in [6, 6.07) is 0.0252. The maximum Gasteiger partial charge on any atom is 0.244 e. The topological polar surface area (TPSA) is 56.8 Å². The summed E-state index contributed by atoms with van der Waals surface area (Å²) in [6.45, 7) is 13.3. The maximum atomic E-state index is 12.2. The molecule has 1 heterocycles. The Bertz CT molecular complexity index is 584. The van der Waals surface area contributed by atoms with Gasteiger partial charge >= 0.3 is 0 Å². The molecule has 1 rings (SSSR count). The average molecular weight is 422 g/mol. The third-order valence-corrected chi connectivity index (χ3v) is 5.62. The van der Waals surface area contributed by atoms with Crippen molar-refractivity contribution in [2.24, 2.45) is 5.92 Å². The molecule has 1 aliphatic rings. The SMILES string of the molecule is CCCO[C@H](/C=C/C(C)=C/CC1O[C@H](C)[C@H](NC(=O)/C=C\[C@H](C)OC)C[C@@H]1C)CC. The van der Waals surface area contributed by atoms with Crippen molar-refractivity contribution in [3.63, 3.8) is 0 Å². The Labute approximate surface area is 183 Å². The second-order valence-electron chi connectivity index (χ2n) is 8.37. The fraction of sp³-hybridized carbons (Fsp3) is 0.720. The fourth-order valence-corrected chi connectivity index (χ4v) is 3.45. The summed E-state index contributed by atoms with van der Waals surface area (Å²) in [7, 11) is 1.63. The van der Waals surface area contributed by atoms with E-state index in [1.165, 1.54) is 5.57 Å². The minimum atomic E-state index is -0.0957. The number of hydrogen-bond acceptors (Lipinski definition) is 4. The van der Waals surface area contributed by atoms with Gasteiger partial charge in [-0.25, -0.2) is 0 Å². The number of amides is 1. The Morgan fingerprint density at radius 2 is 1.97 bits per heavy atom. The Morgan fingerprint density at radius 1 is 1.23 bits per heavy atom. The Kier molecular flexibility index (Phi) is 12.9. The van der Waals surface area contributed by atoms with E-state index in [1.54, 1.807) is 19.3 Å². The van der Waals surface area contributed by atoms with Crippen LogP contribution in [0.2, 0.25) is 0 Å². The van der Waals surface area contributed by atoms with Crippen LogP contribution in [0.3, 0.4) is 0 Å². The number of ether oxygens (including phenoxy) is 3. The van der Waals surface area contributed by atoms with Gasteiger partial charge in [-0.3, -0.25) is 4.79 Å². The van der Waals surface area contributed by atoms with Gasteiger partial charge in [-0.05, 0) is 52.4 Å². The lowest BCUT2D eigenvalue weighted by Crippen LogP contribution is -2.50. The zero-order valence-corrected chi connectivity index (χ0v) is 20.0. The summed E-state index contributed by atoms with van der Waals surface area (Å²) in [5, 5.41) is 3.07. The zero-order valence-electron chi connectivity index (χ0n) is 20.0.